The lowest BCUT2D eigenvalue weighted by Crippen LogP contribution is -1.95. The third kappa shape index (κ3) is 3.08. The van der Waals surface area contributed by atoms with E-state index in [2.05, 4.69) is 0 Å². The van der Waals surface area contributed by atoms with Crippen molar-refractivity contribution in [2.24, 2.45) is 0 Å². The number of hydrogen-bond donors (Lipinski definition) is 0. The van der Waals surface area contributed by atoms with Crippen LogP contribution in [0.3, 0.4) is 0 Å². The van der Waals surface area contributed by atoms with E-state index in [1.54, 1.807) is 18.2 Å². The van der Waals surface area contributed by atoms with Crippen molar-refractivity contribution in [3.63, 3.8) is 0 Å². The fourth-order valence-electron chi connectivity index (χ4n) is 1.44. The Kier molecular flexibility index (Phi) is 3.78. The number of benzene rings is 2. The van der Waals surface area contributed by atoms with Crippen molar-refractivity contribution >= 4 is 17.9 Å². The topological polar surface area (TPSA) is 26.3 Å². The van der Waals surface area contributed by atoms with Crippen LogP contribution in [0.4, 0.5) is 0 Å². The molecule has 0 unspecified atom stereocenters. The zero-order valence-electron chi connectivity index (χ0n) is 9.10. The van der Waals surface area contributed by atoms with E-state index in [4.69, 9.17) is 16.3 Å². The van der Waals surface area contributed by atoms with E-state index in [-0.39, 0.29) is 0 Å². The van der Waals surface area contributed by atoms with Gasteiger partial charge in [0.05, 0.1) is 5.02 Å². The Labute approximate surface area is 105 Å². The molecule has 0 radical (unpaired) electrons. The summed E-state index contributed by atoms with van der Waals surface area (Å²) in [5.41, 5.74) is 1.52. The van der Waals surface area contributed by atoms with Crippen molar-refractivity contribution in [1.82, 2.24) is 0 Å². The lowest BCUT2D eigenvalue weighted by molar-refractivity contribution is 0.112. The molecule has 0 aliphatic carbocycles. The van der Waals surface area contributed by atoms with Crippen LogP contribution in [0.1, 0.15) is 15.9 Å². The Balaban J connectivity index is 2.07. The second kappa shape index (κ2) is 5.51. The first-order valence-corrected chi connectivity index (χ1v) is 5.59. The average molecular weight is 247 g/mol. The van der Waals surface area contributed by atoms with Crippen LogP contribution in [0.25, 0.3) is 0 Å². The minimum atomic E-state index is 0.437. The summed E-state index contributed by atoms with van der Waals surface area (Å²) < 4.78 is 5.57. The molecule has 2 nitrogen and oxygen atoms in total. The molecule has 0 saturated heterocycles. The zero-order valence-corrected chi connectivity index (χ0v) is 9.85. The molecular formula is C14H11ClO2. The summed E-state index contributed by atoms with van der Waals surface area (Å²) >= 11 is 5.83. The van der Waals surface area contributed by atoms with Gasteiger partial charge in [0, 0.05) is 5.56 Å². The Morgan fingerprint density at radius 2 is 1.88 bits per heavy atom. The van der Waals surface area contributed by atoms with Gasteiger partial charge >= 0.3 is 0 Å². The van der Waals surface area contributed by atoms with Gasteiger partial charge in [-0.3, -0.25) is 4.79 Å². The van der Waals surface area contributed by atoms with Crippen molar-refractivity contribution < 1.29 is 9.53 Å². The number of carbonyl (C=O) groups is 1. The van der Waals surface area contributed by atoms with Gasteiger partial charge in [0.15, 0.2) is 6.29 Å². The number of aldehydes is 1. The lowest BCUT2D eigenvalue weighted by Gasteiger charge is -2.07. The smallest absolute Gasteiger partial charge is 0.151 e. The van der Waals surface area contributed by atoms with Gasteiger partial charge in [-0.15, -0.1) is 0 Å². The predicted octanol–water partition coefficient (Wildman–Crippen LogP) is 3.73. The Hall–Kier alpha value is -1.80. The van der Waals surface area contributed by atoms with Gasteiger partial charge in [-0.2, -0.15) is 0 Å². The van der Waals surface area contributed by atoms with Gasteiger partial charge in [-0.05, 0) is 23.8 Å². The molecule has 3 heteroatoms. The SMILES string of the molecule is O=Cc1cc(OCc2ccccc2)ccc1Cl. The van der Waals surface area contributed by atoms with Gasteiger partial charge in [-0.1, -0.05) is 41.9 Å². The van der Waals surface area contributed by atoms with Crippen molar-refractivity contribution in [1.29, 1.82) is 0 Å². The first-order valence-electron chi connectivity index (χ1n) is 5.21. The van der Waals surface area contributed by atoms with Crippen LogP contribution in [0, 0.1) is 0 Å². The second-order valence-corrected chi connectivity index (χ2v) is 3.98. The molecule has 2 rings (SSSR count). The molecule has 0 heterocycles. The molecule has 0 aromatic heterocycles. The normalized spacial score (nSPS) is 9.94. The van der Waals surface area contributed by atoms with Gasteiger partial charge in [0.25, 0.3) is 0 Å². The van der Waals surface area contributed by atoms with E-state index in [0.29, 0.717) is 22.9 Å². The maximum Gasteiger partial charge on any atom is 0.151 e. The van der Waals surface area contributed by atoms with E-state index >= 15 is 0 Å². The Bertz CT molecular complexity index is 509. The number of carbonyl (C=O) groups excluding carboxylic acids is 1. The molecule has 2 aromatic rings. The molecule has 0 aliphatic rings. The zero-order chi connectivity index (χ0) is 12.1. The molecule has 0 saturated carbocycles. The maximum absolute atomic E-state index is 10.7. The van der Waals surface area contributed by atoms with E-state index in [1.165, 1.54) is 0 Å². The molecular weight excluding hydrogens is 236 g/mol. The fourth-order valence-corrected chi connectivity index (χ4v) is 1.60. The summed E-state index contributed by atoms with van der Waals surface area (Å²) in [4.78, 5) is 10.7. The molecule has 0 spiro atoms. The molecule has 0 fully saturated rings. The van der Waals surface area contributed by atoms with Crippen molar-refractivity contribution in [2.45, 2.75) is 6.61 Å². The minimum absolute atomic E-state index is 0.437. The van der Waals surface area contributed by atoms with Gasteiger partial charge in [0.2, 0.25) is 0 Å². The average Bonchev–Trinajstić information content (AvgIpc) is 2.39. The van der Waals surface area contributed by atoms with E-state index in [1.807, 2.05) is 30.3 Å². The highest BCUT2D eigenvalue weighted by Gasteiger charge is 2.02. The highest BCUT2D eigenvalue weighted by molar-refractivity contribution is 6.33. The van der Waals surface area contributed by atoms with Crippen LogP contribution < -0.4 is 4.74 Å². The highest BCUT2D eigenvalue weighted by Crippen LogP contribution is 2.21. The second-order valence-electron chi connectivity index (χ2n) is 3.58. The fraction of sp³-hybridized carbons (Fsp3) is 0.0714. The summed E-state index contributed by atoms with van der Waals surface area (Å²) in [7, 11) is 0. The third-order valence-corrected chi connectivity index (χ3v) is 2.69. The number of ether oxygens (including phenoxy) is 1. The first-order chi connectivity index (χ1) is 8.29. The van der Waals surface area contributed by atoms with Crippen LogP contribution in [0.2, 0.25) is 5.02 Å². The van der Waals surface area contributed by atoms with Crippen molar-refractivity contribution in [3.8, 4) is 5.75 Å². The maximum atomic E-state index is 10.7. The lowest BCUT2D eigenvalue weighted by atomic mass is 10.2. The number of hydrogen-bond acceptors (Lipinski definition) is 2. The number of rotatable bonds is 4. The quantitative estimate of drug-likeness (QED) is 0.769. The largest absolute Gasteiger partial charge is 0.489 e. The van der Waals surface area contributed by atoms with Crippen LogP contribution in [-0.2, 0) is 6.61 Å². The van der Waals surface area contributed by atoms with Crippen LogP contribution >= 0.6 is 11.6 Å². The Morgan fingerprint density at radius 1 is 1.12 bits per heavy atom. The Morgan fingerprint density at radius 3 is 2.59 bits per heavy atom. The number of halogens is 1. The van der Waals surface area contributed by atoms with Crippen LogP contribution in [-0.4, -0.2) is 6.29 Å². The van der Waals surface area contributed by atoms with Crippen LogP contribution in [0.15, 0.2) is 48.5 Å². The molecule has 0 amide bonds. The summed E-state index contributed by atoms with van der Waals surface area (Å²) in [6, 6.07) is 14.9. The molecule has 86 valence electrons. The summed E-state index contributed by atoms with van der Waals surface area (Å²) in [5, 5.41) is 0.437. The van der Waals surface area contributed by atoms with Gasteiger partial charge < -0.3 is 4.74 Å². The minimum Gasteiger partial charge on any atom is -0.489 e. The monoisotopic (exact) mass is 246 g/mol. The molecule has 0 N–H and O–H groups in total. The summed E-state index contributed by atoms with van der Waals surface area (Å²) in [6.07, 6.45) is 0.720. The molecule has 0 atom stereocenters. The van der Waals surface area contributed by atoms with Crippen LogP contribution in [0.5, 0.6) is 5.75 Å². The van der Waals surface area contributed by atoms with Gasteiger partial charge in [-0.25, -0.2) is 0 Å². The highest BCUT2D eigenvalue weighted by atomic mass is 35.5. The molecule has 2 aromatic carbocycles. The first kappa shape index (κ1) is 11.7. The van der Waals surface area contributed by atoms with Gasteiger partial charge in [0.1, 0.15) is 12.4 Å². The predicted molar refractivity (Wildman–Crippen MR) is 67.6 cm³/mol. The van der Waals surface area contributed by atoms with Crippen molar-refractivity contribution in [3.05, 3.63) is 64.7 Å². The molecule has 17 heavy (non-hydrogen) atoms. The van der Waals surface area contributed by atoms with E-state index < -0.39 is 0 Å². The molecule has 0 aliphatic heterocycles. The van der Waals surface area contributed by atoms with E-state index in [0.717, 1.165) is 11.8 Å². The van der Waals surface area contributed by atoms with E-state index in [9.17, 15) is 4.79 Å². The van der Waals surface area contributed by atoms with Crippen molar-refractivity contribution in [2.75, 3.05) is 0 Å². The summed E-state index contributed by atoms with van der Waals surface area (Å²) in [6.45, 7) is 0.473. The standard InChI is InChI=1S/C14H11ClO2/c15-14-7-6-13(8-12(14)9-16)17-10-11-4-2-1-3-5-11/h1-9H,10H2. The third-order valence-electron chi connectivity index (χ3n) is 2.34. The summed E-state index contributed by atoms with van der Waals surface area (Å²) in [5.74, 6) is 0.639. The molecule has 0 bridgehead atoms.